The second-order valence-corrected chi connectivity index (χ2v) is 6.34. The SMILES string of the molecule is CN(C)c1cccnc1CN=C(N)Nc1cccc2c1CCCC2. The predicted molar refractivity (Wildman–Crippen MR) is 101 cm³/mol. The number of anilines is 2. The van der Waals surface area contributed by atoms with E-state index < -0.39 is 0 Å². The van der Waals surface area contributed by atoms with Gasteiger partial charge in [0.1, 0.15) is 0 Å². The number of fused-ring (bicyclic) bond motifs is 1. The van der Waals surface area contributed by atoms with E-state index in [1.807, 2.05) is 31.1 Å². The molecular formula is C19H25N5. The van der Waals surface area contributed by atoms with Crippen molar-refractivity contribution < 1.29 is 0 Å². The molecule has 0 radical (unpaired) electrons. The molecule has 24 heavy (non-hydrogen) atoms. The van der Waals surface area contributed by atoms with Crippen LogP contribution in [0.4, 0.5) is 11.4 Å². The van der Waals surface area contributed by atoms with Gasteiger partial charge in [0.05, 0.1) is 17.9 Å². The number of nitrogens with one attached hydrogen (secondary N) is 1. The molecule has 0 saturated heterocycles. The summed E-state index contributed by atoms with van der Waals surface area (Å²) in [4.78, 5) is 10.9. The third-order valence-corrected chi connectivity index (χ3v) is 4.41. The minimum absolute atomic E-state index is 0.435. The molecule has 1 aliphatic carbocycles. The summed E-state index contributed by atoms with van der Waals surface area (Å²) in [6, 6.07) is 10.3. The van der Waals surface area contributed by atoms with E-state index in [0.717, 1.165) is 29.9 Å². The third kappa shape index (κ3) is 3.67. The Balaban J connectivity index is 1.74. The number of aliphatic imine (C=N–C) groups is 1. The van der Waals surface area contributed by atoms with E-state index in [-0.39, 0.29) is 0 Å². The van der Waals surface area contributed by atoms with Gasteiger partial charge in [-0.1, -0.05) is 12.1 Å². The number of pyridine rings is 1. The zero-order valence-corrected chi connectivity index (χ0v) is 14.4. The number of hydrogen-bond donors (Lipinski definition) is 2. The molecule has 0 atom stereocenters. The molecule has 0 saturated carbocycles. The Morgan fingerprint density at radius 1 is 1.21 bits per heavy atom. The molecule has 5 nitrogen and oxygen atoms in total. The summed E-state index contributed by atoms with van der Waals surface area (Å²) in [6.45, 7) is 0.461. The third-order valence-electron chi connectivity index (χ3n) is 4.41. The van der Waals surface area contributed by atoms with E-state index in [2.05, 4.69) is 33.5 Å². The summed E-state index contributed by atoms with van der Waals surface area (Å²) in [5, 5.41) is 3.28. The summed E-state index contributed by atoms with van der Waals surface area (Å²) in [5.41, 5.74) is 12.0. The number of aromatic nitrogens is 1. The highest BCUT2D eigenvalue weighted by molar-refractivity contribution is 5.93. The van der Waals surface area contributed by atoms with Gasteiger partial charge < -0.3 is 16.0 Å². The molecule has 1 aliphatic rings. The lowest BCUT2D eigenvalue weighted by Gasteiger charge is -2.20. The van der Waals surface area contributed by atoms with Gasteiger partial charge in [-0.25, -0.2) is 4.99 Å². The molecule has 1 heterocycles. The van der Waals surface area contributed by atoms with Crippen molar-refractivity contribution in [1.29, 1.82) is 0 Å². The molecule has 5 heteroatoms. The van der Waals surface area contributed by atoms with Crippen LogP contribution in [-0.4, -0.2) is 25.0 Å². The van der Waals surface area contributed by atoms with Crippen LogP contribution < -0.4 is 16.0 Å². The molecule has 1 aromatic carbocycles. The van der Waals surface area contributed by atoms with Crippen LogP contribution in [0, 0.1) is 0 Å². The van der Waals surface area contributed by atoms with Gasteiger partial charge in [-0.3, -0.25) is 4.98 Å². The average Bonchev–Trinajstić information content (AvgIpc) is 2.60. The van der Waals surface area contributed by atoms with Crippen molar-refractivity contribution in [2.24, 2.45) is 10.7 Å². The van der Waals surface area contributed by atoms with Crippen LogP contribution >= 0.6 is 0 Å². The van der Waals surface area contributed by atoms with Gasteiger partial charge in [0.2, 0.25) is 0 Å². The fourth-order valence-corrected chi connectivity index (χ4v) is 3.19. The van der Waals surface area contributed by atoms with Crippen molar-refractivity contribution in [3.05, 3.63) is 53.3 Å². The van der Waals surface area contributed by atoms with E-state index in [9.17, 15) is 0 Å². The summed E-state index contributed by atoms with van der Waals surface area (Å²) in [5.74, 6) is 0.435. The predicted octanol–water partition coefficient (Wildman–Crippen LogP) is 2.95. The monoisotopic (exact) mass is 323 g/mol. The lowest BCUT2D eigenvalue weighted by Crippen LogP contribution is -2.24. The van der Waals surface area contributed by atoms with Gasteiger partial charge in [-0.15, -0.1) is 0 Å². The minimum atomic E-state index is 0.435. The smallest absolute Gasteiger partial charge is 0.193 e. The molecule has 2 aromatic rings. The first kappa shape index (κ1) is 16.3. The number of nitrogens with two attached hydrogens (primary N) is 1. The lowest BCUT2D eigenvalue weighted by molar-refractivity contribution is 0.687. The summed E-state index contributed by atoms with van der Waals surface area (Å²) < 4.78 is 0. The van der Waals surface area contributed by atoms with Crippen molar-refractivity contribution in [2.45, 2.75) is 32.2 Å². The van der Waals surface area contributed by atoms with Gasteiger partial charge in [0.25, 0.3) is 0 Å². The normalized spacial score (nSPS) is 14.2. The number of rotatable bonds is 4. The molecule has 3 rings (SSSR count). The first-order chi connectivity index (χ1) is 11.6. The zero-order chi connectivity index (χ0) is 16.9. The van der Waals surface area contributed by atoms with E-state index in [1.165, 1.54) is 24.0 Å². The van der Waals surface area contributed by atoms with Crippen LogP contribution in [0.3, 0.4) is 0 Å². The quantitative estimate of drug-likeness (QED) is 0.670. The van der Waals surface area contributed by atoms with E-state index >= 15 is 0 Å². The Morgan fingerprint density at radius 2 is 2.04 bits per heavy atom. The first-order valence-electron chi connectivity index (χ1n) is 8.44. The molecule has 3 N–H and O–H groups in total. The molecular weight excluding hydrogens is 298 g/mol. The largest absolute Gasteiger partial charge is 0.376 e. The molecule has 0 unspecified atom stereocenters. The van der Waals surface area contributed by atoms with Crippen molar-refractivity contribution in [3.8, 4) is 0 Å². The van der Waals surface area contributed by atoms with Gasteiger partial charge in [0.15, 0.2) is 5.96 Å². The Bertz CT molecular complexity index is 736. The van der Waals surface area contributed by atoms with Crippen molar-refractivity contribution in [3.63, 3.8) is 0 Å². The summed E-state index contributed by atoms with van der Waals surface area (Å²) in [6.07, 6.45) is 6.56. The Kier molecular flexibility index (Phi) is 4.99. The Morgan fingerprint density at radius 3 is 2.88 bits per heavy atom. The lowest BCUT2D eigenvalue weighted by atomic mass is 9.90. The van der Waals surface area contributed by atoms with Crippen molar-refractivity contribution in [1.82, 2.24) is 4.98 Å². The summed E-state index contributed by atoms with van der Waals surface area (Å²) in [7, 11) is 4.00. The van der Waals surface area contributed by atoms with E-state index in [0.29, 0.717) is 12.5 Å². The molecule has 1 aromatic heterocycles. The number of hydrogen-bond acceptors (Lipinski definition) is 3. The number of aryl methyl sites for hydroxylation is 1. The second kappa shape index (κ2) is 7.34. The Hall–Kier alpha value is -2.56. The second-order valence-electron chi connectivity index (χ2n) is 6.34. The zero-order valence-electron chi connectivity index (χ0n) is 14.4. The Labute approximate surface area is 143 Å². The molecule has 0 fully saturated rings. The molecule has 0 bridgehead atoms. The topological polar surface area (TPSA) is 66.5 Å². The van der Waals surface area contributed by atoms with Crippen LogP contribution in [-0.2, 0) is 19.4 Å². The fourth-order valence-electron chi connectivity index (χ4n) is 3.19. The van der Waals surface area contributed by atoms with Gasteiger partial charge in [-0.2, -0.15) is 0 Å². The van der Waals surface area contributed by atoms with Crippen LogP contribution in [0.5, 0.6) is 0 Å². The van der Waals surface area contributed by atoms with Crippen molar-refractivity contribution >= 4 is 17.3 Å². The number of nitrogens with zero attached hydrogens (tertiary/aromatic N) is 3. The highest BCUT2D eigenvalue weighted by Crippen LogP contribution is 2.27. The first-order valence-corrected chi connectivity index (χ1v) is 8.44. The van der Waals surface area contributed by atoms with Crippen LogP contribution in [0.25, 0.3) is 0 Å². The minimum Gasteiger partial charge on any atom is -0.376 e. The van der Waals surface area contributed by atoms with Gasteiger partial charge in [0, 0.05) is 26.0 Å². The van der Waals surface area contributed by atoms with Crippen molar-refractivity contribution in [2.75, 3.05) is 24.3 Å². The molecule has 126 valence electrons. The standard InChI is InChI=1S/C19H25N5/c1-24(2)18-11-6-12-21-17(18)13-22-19(20)23-16-10-5-8-14-7-3-4-9-15(14)16/h5-6,8,10-12H,3-4,7,9,13H2,1-2H3,(H3,20,22,23). The molecule has 0 amide bonds. The maximum Gasteiger partial charge on any atom is 0.193 e. The van der Waals surface area contributed by atoms with E-state index in [1.54, 1.807) is 6.20 Å². The van der Waals surface area contributed by atoms with Crippen LogP contribution in [0.1, 0.15) is 29.7 Å². The molecule has 0 aliphatic heterocycles. The van der Waals surface area contributed by atoms with Gasteiger partial charge in [-0.05, 0) is 55.0 Å². The maximum absolute atomic E-state index is 6.11. The summed E-state index contributed by atoms with van der Waals surface area (Å²) >= 11 is 0. The van der Waals surface area contributed by atoms with Crippen LogP contribution in [0.2, 0.25) is 0 Å². The number of benzene rings is 1. The van der Waals surface area contributed by atoms with Gasteiger partial charge >= 0.3 is 0 Å². The molecule has 0 spiro atoms. The van der Waals surface area contributed by atoms with Crippen LogP contribution in [0.15, 0.2) is 41.5 Å². The fraction of sp³-hybridized carbons (Fsp3) is 0.368. The average molecular weight is 323 g/mol. The maximum atomic E-state index is 6.11. The highest BCUT2D eigenvalue weighted by atomic mass is 15.1. The highest BCUT2D eigenvalue weighted by Gasteiger charge is 2.13. The number of guanidine groups is 1. The van der Waals surface area contributed by atoms with E-state index in [4.69, 9.17) is 5.73 Å².